The Bertz CT molecular complexity index is 671. The minimum absolute atomic E-state index is 0.346. The second-order valence-corrected chi connectivity index (χ2v) is 8.01. The molecule has 1 aliphatic carbocycles. The lowest BCUT2D eigenvalue weighted by atomic mass is 10.2. The minimum Gasteiger partial charge on any atom is -0.444 e. The molecule has 126 valence electrons. The highest BCUT2D eigenvalue weighted by molar-refractivity contribution is 9.10. The lowest BCUT2D eigenvalue weighted by Gasteiger charge is -2.32. The largest absolute Gasteiger partial charge is 0.444 e. The lowest BCUT2D eigenvalue weighted by molar-refractivity contribution is 0.0197. The van der Waals surface area contributed by atoms with Crippen molar-refractivity contribution in [3.8, 4) is 0 Å². The first-order chi connectivity index (χ1) is 10.7. The minimum atomic E-state index is -0.539. The van der Waals surface area contributed by atoms with Gasteiger partial charge in [-0.3, -0.25) is 4.79 Å². The van der Waals surface area contributed by atoms with E-state index in [2.05, 4.69) is 20.5 Å². The summed E-state index contributed by atoms with van der Waals surface area (Å²) in [5, 5.41) is 0. The first-order valence-electron chi connectivity index (χ1n) is 7.87. The zero-order valence-electron chi connectivity index (χ0n) is 13.7. The molecule has 0 radical (unpaired) electrons. The van der Waals surface area contributed by atoms with E-state index in [1.54, 1.807) is 4.90 Å². The Balaban J connectivity index is 1.92. The molecule has 1 saturated carbocycles. The molecule has 6 nitrogen and oxygen atoms in total. The third kappa shape index (κ3) is 3.11. The summed E-state index contributed by atoms with van der Waals surface area (Å²) in [6.07, 6.45) is 1.91. The molecule has 1 aliphatic heterocycles. The van der Waals surface area contributed by atoms with Crippen LogP contribution >= 0.6 is 15.9 Å². The van der Waals surface area contributed by atoms with Crippen molar-refractivity contribution in [1.82, 2.24) is 9.47 Å². The van der Waals surface area contributed by atoms with E-state index in [0.29, 0.717) is 31.1 Å². The van der Waals surface area contributed by atoms with E-state index in [-0.39, 0.29) is 6.09 Å². The van der Waals surface area contributed by atoms with Gasteiger partial charge in [0.25, 0.3) is 5.91 Å². The fourth-order valence-electron chi connectivity index (χ4n) is 3.04. The van der Waals surface area contributed by atoms with Gasteiger partial charge in [-0.25, -0.2) is 4.79 Å². The number of hydrogen-bond acceptors (Lipinski definition) is 3. The summed E-state index contributed by atoms with van der Waals surface area (Å²) >= 11 is 3.55. The van der Waals surface area contributed by atoms with Crippen LogP contribution in [0.15, 0.2) is 4.47 Å². The number of nitrogens with two attached hydrogens (primary N) is 1. The molecule has 0 unspecified atom stereocenters. The normalized spacial score (nSPS) is 17.8. The van der Waals surface area contributed by atoms with E-state index in [1.807, 2.05) is 20.8 Å². The fourth-order valence-corrected chi connectivity index (χ4v) is 4.01. The van der Waals surface area contributed by atoms with Gasteiger partial charge in [-0.15, -0.1) is 0 Å². The quantitative estimate of drug-likeness (QED) is 0.852. The number of carbonyl (C=O) groups is 2. The highest BCUT2D eigenvalue weighted by Gasteiger charge is 2.37. The van der Waals surface area contributed by atoms with Gasteiger partial charge < -0.3 is 19.9 Å². The molecule has 7 heteroatoms. The van der Waals surface area contributed by atoms with Crippen LogP contribution in [0.5, 0.6) is 0 Å². The Morgan fingerprint density at radius 3 is 2.43 bits per heavy atom. The molecule has 2 heterocycles. The smallest absolute Gasteiger partial charge is 0.410 e. The first kappa shape index (κ1) is 16.4. The molecular weight excluding hydrogens is 362 g/mol. The average Bonchev–Trinajstić information content (AvgIpc) is 3.19. The second kappa shape index (κ2) is 5.54. The molecule has 2 amide bonds. The molecule has 0 spiro atoms. The number of primary amides is 1. The van der Waals surface area contributed by atoms with E-state index in [4.69, 9.17) is 10.5 Å². The van der Waals surface area contributed by atoms with Crippen molar-refractivity contribution < 1.29 is 14.3 Å². The van der Waals surface area contributed by atoms with E-state index in [9.17, 15) is 9.59 Å². The van der Waals surface area contributed by atoms with Crippen LogP contribution in [0.25, 0.3) is 0 Å². The maximum atomic E-state index is 12.3. The molecule has 1 aromatic rings. The van der Waals surface area contributed by atoms with Crippen molar-refractivity contribution in [2.45, 2.75) is 58.2 Å². The van der Waals surface area contributed by atoms with Gasteiger partial charge >= 0.3 is 6.09 Å². The molecule has 0 aromatic carbocycles. The van der Waals surface area contributed by atoms with E-state index in [0.717, 1.165) is 28.7 Å². The van der Waals surface area contributed by atoms with Crippen molar-refractivity contribution >= 4 is 27.9 Å². The molecule has 2 N–H and O–H groups in total. The van der Waals surface area contributed by atoms with Crippen LogP contribution < -0.4 is 5.73 Å². The number of ether oxygens (including phenoxy) is 1. The molecule has 0 bridgehead atoms. The number of rotatable bonds is 2. The molecule has 3 rings (SSSR count). The van der Waals surface area contributed by atoms with Crippen LogP contribution in [0.3, 0.4) is 0 Å². The van der Waals surface area contributed by atoms with Crippen molar-refractivity contribution in [2.24, 2.45) is 5.73 Å². The Morgan fingerprint density at radius 2 is 1.91 bits per heavy atom. The van der Waals surface area contributed by atoms with E-state index < -0.39 is 11.5 Å². The maximum absolute atomic E-state index is 12.3. The Morgan fingerprint density at radius 1 is 1.26 bits per heavy atom. The van der Waals surface area contributed by atoms with Crippen molar-refractivity contribution in [1.29, 1.82) is 0 Å². The number of hydrogen-bond donors (Lipinski definition) is 1. The van der Waals surface area contributed by atoms with Crippen LogP contribution in [-0.4, -0.2) is 33.6 Å². The van der Waals surface area contributed by atoms with Gasteiger partial charge in [0.05, 0.1) is 22.3 Å². The number of carbonyl (C=O) groups excluding carboxylic acids is 2. The van der Waals surface area contributed by atoms with Gasteiger partial charge in [-0.05, 0) is 49.5 Å². The summed E-state index contributed by atoms with van der Waals surface area (Å²) < 4.78 is 8.39. The number of amides is 2. The van der Waals surface area contributed by atoms with Crippen LogP contribution in [-0.2, 0) is 17.8 Å². The fraction of sp³-hybridized carbons (Fsp3) is 0.625. The van der Waals surface area contributed by atoms with Gasteiger partial charge in [0.1, 0.15) is 5.60 Å². The van der Waals surface area contributed by atoms with Crippen molar-refractivity contribution in [3.63, 3.8) is 0 Å². The predicted molar refractivity (Wildman–Crippen MR) is 89.3 cm³/mol. The lowest BCUT2D eigenvalue weighted by Crippen LogP contribution is -2.42. The molecule has 1 fully saturated rings. The third-order valence-corrected chi connectivity index (χ3v) is 4.95. The third-order valence-electron chi connectivity index (χ3n) is 4.15. The van der Waals surface area contributed by atoms with E-state index >= 15 is 0 Å². The van der Waals surface area contributed by atoms with Crippen LogP contribution in [0.2, 0.25) is 0 Å². The zero-order chi connectivity index (χ0) is 16.9. The maximum Gasteiger partial charge on any atom is 0.410 e. The molecule has 0 saturated heterocycles. The van der Waals surface area contributed by atoms with Gasteiger partial charge in [-0.1, -0.05) is 0 Å². The standard InChI is InChI=1S/C16H22BrN3O3/c1-16(2,3)23-15(22)19-6-7-20-10(8-19)11(14(18)21)12(17)13(20)9-4-5-9/h9H,4-8H2,1-3H3,(H2,18,21). The number of aromatic nitrogens is 1. The van der Waals surface area contributed by atoms with Gasteiger partial charge in [0.2, 0.25) is 0 Å². The topological polar surface area (TPSA) is 77.6 Å². The SMILES string of the molecule is CC(C)(C)OC(=O)N1CCn2c(c(C(N)=O)c(Br)c2C2CC2)C1. The Hall–Kier alpha value is -1.50. The first-order valence-corrected chi connectivity index (χ1v) is 8.67. The molecular formula is C16H22BrN3O3. The van der Waals surface area contributed by atoms with E-state index in [1.165, 1.54) is 0 Å². The second-order valence-electron chi connectivity index (χ2n) is 7.21. The molecule has 1 aromatic heterocycles. The molecule has 23 heavy (non-hydrogen) atoms. The van der Waals surface area contributed by atoms with Crippen LogP contribution in [0.4, 0.5) is 4.79 Å². The van der Waals surface area contributed by atoms with Crippen molar-refractivity contribution in [3.05, 3.63) is 21.4 Å². The summed E-state index contributed by atoms with van der Waals surface area (Å²) in [6.45, 7) is 7.10. The van der Waals surface area contributed by atoms with Crippen molar-refractivity contribution in [2.75, 3.05) is 6.54 Å². The summed E-state index contributed by atoms with van der Waals surface area (Å²) in [4.78, 5) is 25.8. The van der Waals surface area contributed by atoms with Crippen LogP contribution in [0.1, 0.15) is 61.3 Å². The highest BCUT2D eigenvalue weighted by atomic mass is 79.9. The highest BCUT2D eigenvalue weighted by Crippen LogP contribution is 2.47. The predicted octanol–water partition coefficient (Wildman–Crippen LogP) is 2.98. The number of fused-ring (bicyclic) bond motifs is 1. The monoisotopic (exact) mass is 383 g/mol. The Kier molecular flexibility index (Phi) is 3.94. The van der Waals surface area contributed by atoms with Gasteiger partial charge in [0.15, 0.2) is 0 Å². The summed E-state index contributed by atoms with van der Waals surface area (Å²) in [5.74, 6) is 0.0304. The Labute approximate surface area is 144 Å². The van der Waals surface area contributed by atoms with Gasteiger partial charge in [-0.2, -0.15) is 0 Å². The zero-order valence-corrected chi connectivity index (χ0v) is 15.3. The number of halogens is 1. The summed E-state index contributed by atoms with van der Waals surface area (Å²) in [6, 6.07) is 0. The average molecular weight is 384 g/mol. The molecule has 0 atom stereocenters. The van der Waals surface area contributed by atoms with Crippen LogP contribution in [0, 0.1) is 0 Å². The molecule has 2 aliphatic rings. The summed E-state index contributed by atoms with van der Waals surface area (Å²) in [5.41, 5.74) is 7.50. The summed E-state index contributed by atoms with van der Waals surface area (Å²) in [7, 11) is 0. The van der Waals surface area contributed by atoms with Gasteiger partial charge in [0, 0.05) is 24.7 Å². The number of nitrogens with zero attached hydrogens (tertiary/aromatic N) is 2.